The lowest BCUT2D eigenvalue weighted by Crippen LogP contribution is -2.16. The van der Waals surface area contributed by atoms with Crippen molar-refractivity contribution in [2.45, 2.75) is 0 Å². The largest absolute Gasteiger partial charge is 0.493 e. The molecule has 6 nitrogen and oxygen atoms in total. The van der Waals surface area contributed by atoms with Crippen LogP contribution in [0.2, 0.25) is 0 Å². The van der Waals surface area contributed by atoms with Gasteiger partial charge in [-0.25, -0.2) is 0 Å². The van der Waals surface area contributed by atoms with E-state index in [0.29, 0.717) is 36.1 Å². The fourth-order valence-corrected chi connectivity index (χ4v) is 3.55. The quantitative estimate of drug-likeness (QED) is 0.487. The molecule has 2 heterocycles. The highest BCUT2D eigenvalue weighted by Gasteiger charge is 2.17. The number of carbonyl (C=O) groups is 1. The number of hydrogen-bond acceptors (Lipinski definition) is 5. The molecule has 6 heteroatoms. The van der Waals surface area contributed by atoms with Crippen LogP contribution in [-0.2, 0) is 4.79 Å². The zero-order chi connectivity index (χ0) is 20.5. The molecule has 1 aliphatic heterocycles. The smallest absolute Gasteiger partial charge is 0.248 e. The van der Waals surface area contributed by atoms with Gasteiger partial charge < -0.3 is 23.9 Å². The Morgan fingerprint density at radius 1 is 1.00 bits per heavy atom. The summed E-state index contributed by atoms with van der Waals surface area (Å²) in [5.74, 6) is 1.53. The van der Waals surface area contributed by atoms with E-state index in [4.69, 9.17) is 18.6 Å². The highest BCUT2D eigenvalue weighted by molar-refractivity contribution is 6.08. The van der Waals surface area contributed by atoms with Gasteiger partial charge in [-0.05, 0) is 48.0 Å². The molecule has 1 aliphatic rings. The second kappa shape index (κ2) is 7.48. The molecule has 0 fully saturated rings. The Morgan fingerprint density at radius 2 is 1.83 bits per heavy atom. The van der Waals surface area contributed by atoms with Crippen LogP contribution in [0, 0.1) is 0 Å². The Kier molecular flexibility index (Phi) is 4.52. The van der Waals surface area contributed by atoms with Crippen molar-refractivity contribution in [3.63, 3.8) is 0 Å². The van der Waals surface area contributed by atoms with Gasteiger partial charge >= 0.3 is 0 Å². The van der Waals surface area contributed by atoms with Crippen LogP contribution in [0.1, 0.15) is 5.56 Å². The van der Waals surface area contributed by atoms with Crippen LogP contribution in [0.15, 0.2) is 65.1 Å². The van der Waals surface area contributed by atoms with Crippen LogP contribution in [-0.4, -0.2) is 26.2 Å². The fraction of sp³-hybridized carbons (Fsp3) is 0.125. The lowest BCUT2D eigenvalue weighted by Gasteiger charge is -2.20. The SMILES string of the molecule is COc1cc(/C=C/C(=O)Nc2ccc3oc4ccccc4c3c2)cc2c1OCCO2. The van der Waals surface area contributed by atoms with Gasteiger partial charge in [-0.1, -0.05) is 18.2 Å². The number of benzene rings is 3. The molecule has 150 valence electrons. The van der Waals surface area contributed by atoms with Crippen LogP contribution in [0.4, 0.5) is 5.69 Å². The maximum absolute atomic E-state index is 12.5. The lowest BCUT2D eigenvalue weighted by atomic mass is 10.1. The van der Waals surface area contributed by atoms with Crippen LogP contribution in [0.5, 0.6) is 17.2 Å². The molecule has 0 atom stereocenters. The van der Waals surface area contributed by atoms with Crippen molar-refractivity contribution in [3.05, 3.63) is 66.2 Å². The van der Waals surface area contributed by atoms with E-state index >= 15 is 0 Å². The normalized spacial score (nSPS) is 13.1. The van der Waals surface area contributed by atoms with E-state index in [1.54, 1.807) is 19.3 Å². The molecule has 4 aromatic rings. The fourth-order valence-electron chi connectivity index (χ4n) is 3.55. The molecule has 0 saturated heterocycles. The van der Waals surface area contributed by atoms with Gasteiger partial charge in [-0.3, -0.25) is 4.79 Å². The molecule has 3 aromatic carbocycles. The molecule has 30 heavy (non-hydrogen) atoms. The number of anilines is 1. The van der Waals surface area contributed by atoms with Crippen molar-refractivity contribution in [1.29, 1.82) is 0 Å². The first-order valence-corrected chi connectivity index (χ1v) is 9.59. The topological polar surface area (TPSA) is 69.9 Å². The number of furan rings is 1. The minimum Gasteiger partial charge on any atom is -0.493 e. The summed E-state index contributed by atoms with van der Waals surface area (Å²) in [4.78, 5) is 12.5. The predicted molar refractivity (Wildman–Crippen MR) is 115 cm³/mol. The summed E-state index contributed by atoms with van der Waals surface area (Å²) >= 11 is 0. The van der Waals surface area contributed by atoms with E-state index in [1.165, 1.54) is 6.08 Å². The van der Waals surface area contributed by atoms with Gasteiger partial charge in [0.2, 0.25) is 11.7 Å². The number of nitrogens with one attached hydrogen (secondary N) is 1. The molecular weight excluding hydrogens is 382 g/mol. The summed E-state index contributed by atoms with van der Waals surface area (Å²) in [6, 6.07) is 17.1. The number of fused-ring (bicyclic) bond motifs is 4. The second-order valence-electron chi connectivity index (χ2n) is 6.88. The molecule has 1 N–H and O–H groups in total. The number of carbonyl (C=O) groups excluding carboxylic acids is 1. The van der Waals surface area contributed by atoms with E-state index in [2.05, 4.69) is 5.32 Å². The number of methoxy groups -OCH3 is 1. The molecule has 0 spiro atoms. The molecule has 0 radical (unpaired) electrons. The van der Waals surface area contributed by atoms with E-state index in [1.807, 2.05) is 48.5 Å². The summed E-state index contributed by atoms with van der Waals surface area (Å²) in [5.41, 5.74) is 3.09. The lowest BCUT2D eigenvalue weighted by molar-refractivity contribution is -0.111. The highest BCUT2D eigenvalue weighted by Crippen LogP contribution is 2.40. The molecule has 1 aromatic heterocycles. The molecule has 0 bridgehead atoms. The van der Waals surface area contributed by atoms with Crippen molar-refractivity contribution in [2.24, 2.45) is 0 Å². The van der Waals surface area contributed by atoms with Crippen LogP contribution in [0.3, 0.4) is 0 Å². The van der Waals surface area contributed by atoms with E-state index < -0.39 is 0 Å². The maximum atomic E-state index is 12.5. The molecule has 0 aliphatic carbocycles. The van der Waals surface area contributed by atoms with E-state index in [0.717, 1.165) is 27.5 Å². The standard InChI is InChI=1S/C24H19NO5/c1-27-21-12-15(13-22-24(21)29-11-10-28-22)6-9-23(26)25-16-7-8-20-18(14-16)17-4-2-3-5-19(17)30-20/h2-9,12-14H,10-11H2,1H3,(H,25,26)/b9-6+. The first kappa shape index (κ1) is 18.1. The van der Waals surface area contributed by atoms with Crippen LogP contribution >= 0.6 is 0 Å². The Bertz CT molecular complexity index is 1270. The maximum Gasteiger partial charge on any atom is 0.248 e. The number of amides is 1. The van der Waals surface area contributed by atoms with Crippen molar-refractivity contribution in [2.75, 3.05) is 25.6 Å². The van der Waals surface area contributed by atoms with Crippen LogP contribution in [0.25, 0.3) is 28.0 Å². The average Bonchev–Trinajstić information content (AvgIpc) is 3.15. The predicted octanol–water partition coefficient (Wildman–Crippen LogP) is 5.02. The number of hydrogen-bond donors (Lipinski definition) is 1. The molecule has 5 rings (SSSR count). The van der Waals surface area contributed by atoms with Gasteiger partial charge in [0.25, 0.3) is 0 Å². The third kappa shape index (κ3) is 3.33. The van der Waals surface area contributed by atoms with Gasteiger partial charge in [0.15, 0.2) is 11.5 Å². The molecule has 0 saturated carbocycles. The Hall–Kier alpha value is -3.93. The molecule has 1 amide bonds. The third-order valence-corrected chi connectivity index (χ3v) is 4.92. The van der Waals surface area contributed by atoms with Gasteiger partial charge in [-0.15, -0.1) is 0 Å². The monoisotopic (exact) mass is 401 g/mol. The minimum absolute atomic E-state index is 0.240. The Labute approximate surface area is 172 Å². The summed E-state index contributed by atoms with van der Waals surface area (Å²) in [7, 11) is 1.57. The van der Waals surface area contributed by atoms with Crippen molar-refractivity contribution in [1.82, 2.24) is 0 Å². The van der Waals surface area contributed by atoms with E-state index in [-0.39, 0.29) is 5.91 Å². The first-order valence-electron chi connectivity index (χ1n) is 9.59. The zero-order valence-corrected chi connectivity index (χ0v) is 16.3. The second-order valence-corrected chi connectivity index (χ2v) is 6.88. The first-order chi connectivity index (χ1) is 14.7. The van der Waals surface area contributed by atoms with Crippen molar-refractivity contribution in [3.8, 4) is 17.2 Å². The highest BCUT2D eigenvalue weighted by atomic mass is 16.6. The summed E-state index contributed by atoms with van der Waals surface area (Å²) < 4.78 is 22.4. The summed E-state index contributed by atoms with van der Waals surface area (Å²) in [5, 5.41) is 4.87. The average molecular weight is 401 g/mol. The summed E-state index contributed by atoms with van der Waals surface area (Å²) in [6.45, 7) is 0.965. The van der Waals surface area contributed by atoms with E-state index in [9.17, 15) is 4.79 Å². The zero-order valence-electron chi connectivity index (χ0n) is 16.3. The Balaban J connectivity index is 1.37. The third-order valence-electron chi connectivity index (χ3n) is 4.92. The Morgan fingerprint density at radius 3 is 2.73 bits per heavy atom. The molecule has 0 unspecified atom stereocenters. The number of para-hydroxylation sites is 1. The van der Waals surface area contributed by atoms with Crippen molar-refractivity contribution >= 4 is 39.6 Å². The van der Waals surface area contributed by atoms with Gasteiger partial charge in [0, 0.05) is 22.5 Å². The molecular formula is C24H19NO5. The number of ether oxygens (including phenoxy) is 3. The van der Waals surface area contributed by atoms with Crippen molar-refractivity contribution < 1.29 is 23.4 Å². The van der Waals surface area contributed by atoms with Gasteiger partial charge in [-0.2, -0.15) is 0 Å². The number of rotatable bonds is 4. The van der Waals surface area contributed by atoms with Gasteiger partial charge in [0.1, 0.15) is 24.4 Å². The summed E-state index contributed by atoms with van der Waals surface area (Å²) in [6.07, 6.45) is 3.18. The minimum atomic E-state index is -0.240. The van der Waals surface area contributed by atoms with Crippen LogP contribution < -0.4 is 19.5 Å². The van der Waals surface area contributed by atoms with Gasteiger partial charge in [0.05, 0.1) is 7.11 Å².